The van der Waals surface area contributed by atoms with E-state index in [0.29, 0.717) is 0 Å². The quantitative estimate of drug-likeness (QED) is 0.224. The van der Waals surface area contributed by atoms with Gasteiger partial charge in [0.05, 0.1) is 0 Å². The molecule has 24 heavy (non-hydrogen) atoms. The van der Waals surface area contributed by atoms with Gasteiger partial charge in [-0.25, -0.2) is 0 Å². The van der Waals surface area contributed by atoms with E-state index < -0.39 is 0 Å². The van der Waals surface area contributed by atoms with Crippen LogP contribution in [0.5, 0.6) is 0 Å². The fraction of sp³-hybridized carbons (Fsp3) is 0. The van der Waals surface area contributed by atoms with Gasteiger partial charge in [-0.15, -0.1) is 99.3 Å². The number of halogens is 8. The van der Waals surface area contributed by atoms with E-state index >= 15 is 0 Å². The molecule has 0 bridgehead atoms. The Balaban J connectivity index is 0. The maximum Gasteiger partial charge on any atom is 1.00 e. The normalized spacial score (nSPS) is 0. The number of hydrogen-bond donors (Lipinski definition) is 0. The Labute approximate surface area is 577 Å². The van der Waals surface area contributed by atoms with Crippen LogP contribution in [0.2, 0.25) is 0 Å². The van der Waals surface area contributed by atoms with Crippen molar-refractivity contribution >= 4 is 99.3 Å². The standard InChI is InChI=1S/8ClH.16Na.16H/h8*1H;;;;;;;;;;;;;;;;;;;;;;;;;;;;;;;;/q;;;;;;;;16*+1;16*-1. The van der Waals surface area contributed by atoms with Crippen LogP contribution in [0.1, 0.15) is 22.8 Å². The van der Waals surface area contributed by atoms with Crippen LogP contribution < -0.4 is 473 Å². The third-order valence-corrected chi connectivity index (χ3v) is 0. The first-order valence-corrected chi connectivity index (χ1v) is 0. The first-order valence-electron chi connectivity index (χ1n) is 0. The van der Waals surface area contributed by atoms with E-state index in [4.69, 9.17) is 0 Å². The molecular weight excluding hydrogens is 651 g/mol. The van der Waals surface area contributed by atoms with Crippen LogP contribution in [0.4, 0.5) is 0 Å². The minimum atomic E-state index is 0. The molecule has 0 heterocycles. The molecule has 0 nitrogen and oxygen atoms in total. The van der Waals surface area contributed by atoms with Crippen molar-refractivity contribution in [3.63, 3.8) is 0 Å². The minimum Gasteiger partial charge on any atom is -1.00 e. The van der Waals surface area contributed by atoms with E-state index in [-0.39, 0.29) is 595 Å². The fourth-order valence-corrected chi connectivity index (χ4v) is 0. The Kier molecular flexibility index (Phi) is 1800. The van der Waals surface area contributed by atoms with Crippen molar-refractivity contribution in [2.24, 2.45) is 0 Å². The Morgan fingerprint density at radius 3 is 0.125 bits per heavy atom. The summed E-state index contributed by atoms with van der Waals surface area (Å²) in [6, 6.07) is 0. The molecule has 0 radical (unpaired) electrons. The summed E-state index contributed by atoms with van der Waals surface area (Å²) in [6.45, 7) is 0. The van der Waals surface area contributed by atoms with Gasteiger partial charge in [0.2, 0.25) is 0 Å². The summed E-state index contributed by atoms with van der Waals surface area (Å²) in [6.07, 6.45) is 0. The zero-order valence-electron chi connectivity index (χ0n) is 35.3. The van der Waals surface area contributed by atoms with Gasteiger partial charge < -0.3 is 22.8 Å². The first kappa shape index (κ1) is 215. The molecule has 0 spiro atoms. The van der Waals surface area contributed by atoms with Crippen LogP contribution in [0.15, 0.2) is 0 Å². The largest absolute Gasteiger partial charge is 1.00 e. The molecule has 0 aliphatic heterocycles. The van der Waals surface area contributed by atoms with E-state index in [1.54, 1.807) is 0 Å². The summed E-state index contributed by atoms with van der Waals surface area (Å²) in [5, 5.41) is 0. The van der Waals surface area contributed by atoms with Crippen LogP contribution in [0.25, 0.3) is 0 Å². The molecule has 0 aromatic heterocycles. The van der Waals surface area contributed by atoms with Gasteiger partial charge in [0.1, 0.15) is 0 Å². The van der Waals surface area contributed by atoms with Crippen molar-refractivity contribution in [3.05, 3.63) is 0 Å². The molecule has 0 unspecified atom stereocenters. The average molecular weight is 676 g/mol. The van der Waals surface area contributed by atoms with E-state index in [1.165, 1.54) is 0 Å². The zero-order valence-corrected chi connectivity index (χ0v) is 57.8. The van der Waals surface area contributed by atoms with Crippen molar-refractivity contribution in [2.75, 3.05) is 0 Å². The van der Waals surface area contributed by atoms with E-state index in [1.807, 2.05) is 0 Å². The zero-order chi connectivity index (χ0) is 0. The van der Waals surface area contributed by atoms with E-state index in [0.717, 1.165) is 0 Å². The van der Waals surface area contributed by atoms with E-state index in [9.17, 15) is 0 Å². The predicted octanol–water partition coefficient (Wildman–Crippen LogP) is -42.8. The molecule has 0 amide bonds. The molecule has 0 saturated heterocycles. The van der Waals surface area contributed by atoms with Crippen molar-refractivity contribution in [1.29, 1.82) is 0 Å². The monoisotopic (exact) mass is 672 g/mol. The SMILES string of the molecule is Cl.Cl.Cl.Cl.Cl.Cl.Cl.Cl.[H-].[H-].[H-].[H-].[H-].[H-].[H-].[H-].[H-].[H-].[H-].[H-].[H-].[H-].[H-].[H-].[Na+].[Na+].[Na+].[Na+].[Na+].[Na+].[Na+].[Na+].[Na+].[Na+].[Na+].[Na+].[Na+].[Na+].[Na+].[Na+]. The van der Waals surface area contributed by atoms with Crippen molar-refractivity contribution in [1.82, 2.24) is 0 Å². The summed E-state index contributed by atoms with van der Waals surface area (Å²) < 4.78 is 0. The maximum atomic E-state index is 0. The van der Waals surface area contributed by atoms with Gasteiger partial charge in [-0.05, 0) is 0 Å². The van der Waals surface area contributed by atoms with Crippen molar-refractivity contribution < 1.29 is 496 Å². The average Bonchev–Trinajstić information content (AvgIpc) is 0. The second-order valence-corrected chi connectivity index (χ2v) is 0. The van der Waals surface area contributed by atoms with Gasteiger partial charge in [-0.3, -0.25) is 0 Å². The molecule has 96 valence electrons. The van der Waals surface area contributed by atoms with Crippen molar-refractivity contribution in [2.45, 2.75) is 0 Å². The second-order valence-electron chi connectivity index (χ2n) is 0. The summed E-state index contributed by atoms with van der Waals surface area (Å²) in [5.41, 5.74) is 0. The van der Waals surface area contributed by atoms with Crippen LogP contribution in [0, 0.1) is 0 Å². The third kappa shape index (κ3) is 186. The molecule has 0 aromatic carbocycles. The summed E-state index contributed by atoms with van der Waals surface area (Å²) >= 11 is 0. The predicted molar refractivity (Wildman–Crippen MR) is 75.8 cm³/mol. The second kappa shape index (κ2) is 200. The molecule has 0 N–H and O–H groups in total. The van der Waals surface area contributed by atoms with Crippen molar-refractivity contribution in [3.8, 4) is 0 Å². The Morgan fingerprint density at radius 2 is 0.125 bits per heavy atom. The number of rotatable bonds is 0. The smallest absolute Gasteiger partial charge is 1.00 e. The van der Waals surface area contributed by atoms with E-state index in [2.05, 4.69) is 0 Å². The van der Waals surface area contributed by atoms with Gasteiger partial charge in [0.15, 0.2) is 0 Å². The van der Waals surface area contributed by atoms with Crippen LogP contribution in [-0.4, -0.2) is 0 Å². The van der Waals surface area contributed by atoms with Gasteiger partial charge in [-0.2, -0.15) is 0 Å². The molecule has 0 saturated carbocycles. The molecule has 0 rings (SSSR count). The Hall–Kier alpha value is 18.3. The molecule has 0 aliphatic carbocycles. The third-order valence-electron chi connectivity index (χ3n) is 0. The van der Waals surface area contributed by atoms with Gasteiger partial charge >= 0.3 is 473 Å². The molecular formula is H24Cl8Na16. The van der Waals surface area contributed by atoms with Crippen LogP contribution >= 0.6 is 99.3 Å². The molecule has 0 aromatic rings. The first-order chi connectivity index (χ1) is 0. The molecule has 24 heteroatoms. The van der Waals surface area contributed by atoms with Gasteiger partial charge in [0.25, 0.3) is 0 Å². The molecule has 0 fully saturated rings. The minimum absolute atomic E-state index is 0. The Morgan fingerprint density at radius 1 is 0.125 bits per heavy atom. The molecule has 0 aliphatic rings. The summed E-state index contributed by atoms with van der Waals surface area (Å²) in [5.74, 6) is 0. The number of hydrogen-bond acceptors (Lipinski definition) is 0. The molecule has 0 atom stereocenters. The van der Waals surface area contributed by atoms with Gasteiger partial charge in [0, 0.05) is 0 Å². The van der Waals surface area contributed by atoms with Gasteiger partial charge in [-0.1, -0.05) is 0 Å². The topological polar surface area (TPSA) is 0 Å². The van der Waals surface area contributed by atoms with Crippen LogP contribution in [-0.2, 0) is 0 Å². The summed E-state index contributed by atoms with van der Waals surface area (Å²) in [4.78, 5) is 0. The van der Waals surface area contributed by atoms with Crippen LogP contribution in [0.3, 0.4) is 0 Å². The summed E-state index contributed by atoms with van der Waals surface area (Å²) in [7, 11) is 0. The fourth-order valence-electron chi connectivity index (χ4n) is 0. The maximum absolute atomic E-state index is 0. The Bertz CT molecular complexity index is 60.9.